The molecule has 1 aliphatic rings. The maximum atomic E-state index is 9.20. The van der Waals surface area contributed by atoms with Crippen molar-refractivity contribution >= 4 is 19.6 Å². The Bertz CT molecular complexity index is 123. The molecule has 1 aliphatic heterocycles. The number of rotatable bonds is 1. The average Bonchev–Trinajstić information content (AvgIpc) is 2.17. The molecule has 1 heterocycles. The van der Waals surface area contributed by atoms with E-state index in [9.17, 15) is 10.2 Å². The largest absolute Gasteiger partial charge is 0.395 e. The van der Waals surface area contributed by atoms with Crippen LogP contribution in [-0.4, -0.2) is 52.4 Å². The van der Waals surface area contributed by atoms with E-state index in [1.54, 1.807) is 0 Å². The van der Waals surface area contributed by atoms with E-state index in [1.165, 1.54) is 11.8 Å². The van der Waals surface area contributed by atoms with Gasteiger partial charge in [0.1, 0.15) is 7.85 Å². The third kappa shape index (κ3) is 1.32. The lowest BCUT2D eigenvalue weighted by atomic mass is 9.94. The molecule has 10 heavy (non-hydrogen) atoms. The van der Waals surface area contributed by atoms with Crippen molar-refractivity contribution in [2.75, 3.05) is 6.61 Å². The second-order valence-corrected chi connectivity index (χ2v) is 4.16. The molecule has 0 aliphatic carbocycles. The molecule has 3 nitrogen and oxygen atoms in total. The Kier molecular flexibility index (Phi) is 2.63. The summed E-state index contributed by atoms with van der Waals surface area (Å²) >= 11 is 1.43. The fraction of sp³-hybridized carbons (Fsp3) is 1.00. The van der Waals surface area contributed by atoms with Crippen LogP contribution in [0.25, 0.3) is 0 Å². The molecule has 1 fully saturated rings. The Morgan fingerprint density at radius 1 is 1.30 bits per heavy atom. The fourth-order valence-corrected chi connectivity index (χ4v) is 2.37. The van der Waals surface area contributed by atoms with E-state index in [0.29, 0.717) is 0 Å². The summed E-state index contributed by atoms with van der Waals surface area (Å²) in [4.78, 5) is 0. The first-order valence-corrected chi connectivity index (χ1v) is 4.23. The summed E-state index contributed by atoms with van der Waals surface area (Å²) in [5, 5.41) is 26.9. The molecule has 0 aromatic rings. The van der Waals surface area contributed by atoms with Gasteiger partial charge >= 0.3 is 0 Å². The van der Waals surface area contributed by atoms with Crippen LogP contribution in [0.5, 0.6) is 0 Å². The third-order valence-electron chi connectivity index (χ3n) is 1.78. The predicted molar refractivity (Wildman–Crippen MR) is 42.8 cm³/mol. The summed E-state index contributed by atoms with van der Waals surface area (Å²) in [6, 6.07) is 0. The first-order chi connectivity index (χ1) is 4.66. The van der Waals surface area contributed by atoms with Gasteiger partial charge in [-0.25, -0.2) is 0 Å². The zero-order valence-corrected chi connectivity index (χ0v) is 6.58. The van der Waals surface area contributed by atoms with Gasteiger partial charge in [0.2, 0.25) is 0 Å². The second kappa shape index (κ2) is 3.13. The standard InChI is InChI=1S/C5H11BO3S/c6-5-4(9)3(8)2(1-7)10-5/h2-5,7-9H,1,6H2/t2-,3?,4?,5-/m1/s1. The average molecular weight is 162 g/mol. The molecular formula is C5H11BO3S. The lowest BCUT2D eigenvalue weighted by Crippen LogP contribution is -2.33. The normalized spacial score (nSPS) is 47.9. The molecule has 0 radical (unpaired) electrons. The summed E-state index contributed by atoms with van der Waals surface area (Å²) in [7, 11) is 1.84. The quantitative estimate of drug-likeness (QED) is 0.382. The van der Waals surface area contributed by atoms with Gasteiger partial charge < -0.3 is 15.3 Å². The Morgan fingerprint density at radius 3 is 2.10 bits per heavy atom. The van der Waals surface area contributed by atoms with Crippen molar-refractivity contribution in [2.45, 2.75) is 22.6 Å². The Balaban J connectivity index is 2.53. The van der Waals surface area contributed by atoms with Crippen molar-refractivity contribution in [3.05, 3.63) is 0 Å². The van der Waals surface area contributed by atoms with Crippen molar-refractivity contribution in [1.82, 2.24) is 0 Å². The number of hydrogen-bond acceptors (Lipinski definition) is 4. The van der Waals surface area contributed by atoms with Crippen LogP contribution in [0.4, 0.5) is 0 Å². The van der Waals surface area contributed by atoms with Gasteiger partial charge in [0, 0.05) is 5.15 Å². The minimum Gasteiger partial charge on any atom is -0.395 e. The number of thioether (sulfide) groups is 1. The summed E-state index contributed by atoms with van der Waals surface area (Å²) in [5.41, 5.74) is 0. The van der Waals surface area contributed by atoms with E-state index < -0.39 is 12.2 Å². The molecule has 1 saturated heterocycles. The van der Waals surface area contributed by atoms with Gasteiger partial charge in [-0.2, -0.15) is 11.8 Å². The monoisotopic (exact) mass is 162 g/mol. The number of hydrogen-bond donors (Lipinski definition) is 3. The highest BCUT2D eigenvalue weighted by Crippen LogP contribution is 2.31. The summed E-state index contributed by atoms with van der Waals surface area (Å²) in [6.07, 6.45) is -1.44. The van der Waals surface area contributed by atoms with E-state index in [-0.39, 0.29) is 17.0 Å². The maximum Gasteiger partial charge on any atom is 0.121 e. The molecule has 1 rings (SSSR count). The molecule has 5 heteroatoms. The van der Waals surface area contributed by atoms with E-state index in [1.807, 2.05) is 7.85 Å². The molecule has 0 spiro atoms. The molecule has 2 unspecified atom stereocenters. The Morgan fingerprint density at radius 2 is 1.90 bits per heavy atom. The van der Waals surface area contributed by atoms with Crippen molar-refractivity contribution in [3.8, 4) is 0 Å². The Labute approximate surface area is 64.9 Å². The van der Waals surface area contributed by atoms with Crippen LogP contribution in [0.2, 0.25) is 0 Å². The SMILES string of the molecule is B[C@@H]1S[C@H](CO)C(O)C1O. The van der Waals surface area contributed by atoms with E-state index in [2.05, 4.69) is 0 Å². The zero-order chi connectivity index (χ0) is 7.72. The fourth-order valence-electron chi connectivity index (χ4n) is 1.09. The van der Waals surface area contributed by atoms with E-state index >= 15 is 0 Å². The van der Waals surface area contributed by atoms with Gasteiger partial charge in [-0.1, -0.05) is 0 Å². The van der Waals surface area contributed by atoms with Crippen LogP contribution in [0, 0.1) is 0 Å². The van der Waals surface area contributed by atoms with Gasteiger partial charge in [0.25, 0.3) is 0 Å². The predicted octanol–water partition coefficient (Wildman–Crippen LogP) is -2.22. The minimum atomic E-state index is -0.759. The Hall–Kier alpha value is 0.295. The molecule has 0 aromatic carbocycles. The molecule has 3 N–H and O–H groups in total. The minimum absolute atomic E-state index is 0.0344. The summed E-state index contributed by atoms with van der Waals surface area (Å²) in [6.45, 7) is -0.0623. The van der Waals surface area contributed by atoms with Crippen LogP contribution in [0.1, 0.15) is 0 Å². The highest BCUT2D eigenvalue weighted by atomic mass is 32.2. The molecule has 0 bridgehead atoms. The topological polar surface area (TPSA) is 60.7 Å². The van der Waals surface area contributed by atoms with Crippen LogP contribution >= 0.6 is 11.8 Å². The number of aliphatic hydroxyl groups excluding tert-OH is 3. The molecule has 0 saturated carbocycles. The van der Waals surface area contributed by atoms with Gasteiger partial charge in [0.05, 0.1) is 24.1 Å². The van der Waals surface area contributed by atoms with Gasteiger partial charge in [0.15, 0.2) is 0 Å². The third-order valence-corrected chi connectivity index (χ3v) is 3.27. The van der Waals surface area contributed by atoms with Crippen LogP contribution in [0.15, 0.2) is 0 Å². The first-order valence-electron chi connectivity index (χ1n) is 3.29. The molecule has 0 amide bonds. The van der Waals surface area contributed by atoms with Crippen molar-refractivity contribution in [2.24, 2.45) is 0 Å². The lowest BCUT2D eigenvalue weighted by Gasteiger charge is -2.12. The summed E-state index contributed by atoms with van der Waals surface area (Å²) < 4.78 is 0. The molecule has 4 atom stereocenters. The van der Waals surface area contributed by atoms with Crippen molar-refractivity contribution in [1.29, 1.82) is 0 Å². The van der Waals surface area contributed by atoms with Crippen LogP contribution < -0.4 is 0 Å². The summed E-state index contributed by atoms with van der Waals surface area (Å²) in [5.74, 6) is 0. The van der Waals surface area contributed by atoms with Crippen molar-refractivity contribution < 1.29 is 15.3 Å². The van der Waals surface area contributed by atoms with Crippen molar-refractivity contribution in [3.63, 3.8) is 0 Å². The van der Waals surface area contributed by atoms with E-state index in [0.717, 1.165) is 0 Å². The first kappa shape index (κ1) is 8.39. The van der Waals surface area contributed by atoms with Gasteiger partial charge in [-0.15, -0.1) is 0 Å². The molecule has 0 aromatic heterocycles. The highest BCUT2D eigenvalue weighted by Gasteiger charge is 2.38. The van der Waals surface area contributed by atoms with Gasteiger partial charge in [-0.05, 0) is 0 Å². The second-order valence-electron chi connectivity index (χ2n) is 2.54. The highest BCUT2D eigenvalue weighted by molar-refractivity contribution is 8.02. The van der Waals surface area contributed by atoms with E-state index in [4.69, 9.17) is 5.11 Å². The maximum absolute atomic E-state index is 9.20. The smallest absolute Gasteiger partial charge is 0.121 e. The number of aliphatic hydroxyl groups is 3. The molecular weight excluding hydrogens is 151 g/mol. The lowest BCUT2D eigenvalue weighted by molar-refractivity contribution is 0.0283. The molecule has 58 valence electrons. The van der Waals surface area contributed by atoms with Crippen LogP contribution in [0.3, 0.4) is 0 Å². The zero-order valence-electron chi connectivity index (χ0n) is 5.77. The van der Waals surface area contributed by atoms with Crippen LogP contribution in [-0.2, 0) is 0 Å². The van der Waals surface area contributed by atoms with Gasteiger partial charge in [-0.3, -0.25) is 0 Å².